The maximum absolute atomic E-state index is 13.2. The molecule has 5 nitrogen and oxygen atoms in total. The monoisotopic (exact) mass is 291 g/mol. The predicted octanol–water partition coefficient (Wildman–Crippen LogP) is 1.52. The van der Waals surface area contributed by atoms with Gasteiger partial charge in [0.05, 0.1) is 31.9 Å². The van der Waals surface area contributed by atoms with Crippen molar-refractivity contribution in [3.63, 3.8) is 0 Å². The maximum Gasteiger partial charge on any atom is 0.408 e. The minimum atomic E-state index is -1.62. The Morgan fingerprint density at radius 2 is 1.90 bits per heavy atom. The number of aliphatic hydroxyl groups excluding tert-OH is 1. The molecule has 1 aromatic rings. The summed E-state index contributed by atoms with van der Waals surface area (Å²) in [5.74, 6) is -4.43. The topological polar surface area (TPSA) is 70.0 Å². The van der Waals surface area contributed by atoms with Crippen molar-refractivity contribution in [2.24, 2.45) is 0 Å². The molecular formula is C12H12F3NO4. The molecular weight excluding hydrogens is 279 g/mol. The summed E-state index contributed by atoms with van der Waals surface area (Å²) in [7, 11) is 0. The molecule has 1 fully saturated rings. The lowest BCUT2D eigenvalue weighted by Gasteiger charge is -2.39. The molecule has 0 aliphatic carbocycles. The Balaban J connectivity index is 2.41. The van der Waals surface area contributed by atoms with Gasteiger partial charge in [-0.3, -0.25) is 4.90 Å². The number of hydrogen-bond acceptors (Lipinski definition) is 3. The van der Waals surface area contributed by atoms with E-state index in [1.165, 1.54) is 0 Å². The minimum absolute atomic E-state index is 0.0224. The Morgan fingerprint density at radius 1 is 1.30 bits per heavy atom. The molecule has 1 aliphatic rings. The summed E-state index contributed by atoms with van der Waals surface area (Å²) in [4.78, 5) is 12.1. The third-order valence-corrected chi connectivity index (χ3v) is 3.14. The van der Waals surface area contributed by atoms with Crippen LogP contribution in [0.5, 0.6) is 0 Å². The van der Waals surface area contributed by atoms with Gasteiger partial charge in [-0.25, -0.2) is 18.0 Å². The third-order valence-electron chi connectivity index (χ3n) is 3.14. The maximum atomic E-state index is 13.2. The lowest BCUT2D eigenvalue weighted by Crippen LogP contribution is -2.51. The summed E-state index contributed by atoms with van der Waals surface area (Å²) in [5.41, 5.74) is -0.0676. The van der Waals surface area contributed by atoms with Crippen LogP contribution in [0, 0.1) is 17.5 Å². The Morgan fingerprint density at radius 3 is 2.40 bits per heavy atom. The van der Waals surface area contributed by atoms with Crippen LogP contribution >= 0.6 is 0 Å². The minimum Gasteiger partial charge on any atom is -0.465 e. The van der Waals surface area contributed by atoms with Crippen LogP contribution in [-0.4, -0.2) is 47.1 Å². The normalized spacial score (nSPS) is 22.9. The van der Waals surface area contributed by atoms with E-state index in [9.17, 15) is 18.0 Å². The van der Waals surface area contributed by atoms with E-state index in [2.05, 4.69) is 0 Å². The molecule has 1 heterocycles. The van der Waals surface area contributed by atoms with E-state index in [1.807, 2.05) is 0 Å². The molecule has 2 N–H and O–H groups in total. The van der Waals surface area contributed by atoms with Gasteiger partial charge in [0.15, 0.2) is 17.5 Å². The first-order chi connectivity index (χ1) is 9.45. The molecule has 0 saturated carbocycles. The number of carboxylic acid groups (broad SMARTS) is 1. The molecule has 1 saturated heterocycles. The van der Waals surface area contributed by atoms with Crippen molar-refractivity contribution in [3.8, 4) is 0 Å². The number of carbonyl (C=O) groups is 1. The van der Waals surface area contributed by atoms with E-state index < -0.39 is 42.2 Å². The van der Waals surface area contributed by atoms with E-state index in [-0.39, 0.29) is 18.8 Å². The zero-order valence-corrected chi connectivity index (χ0v) is 10.2. The van der Waals surface area contributed by atoms with Gasteiger partial charge in [0.2, 0.25) is 0 Å². The molecule has 0 bridgehead atoms. The van der Waals surface area contributed by atoms with Crippen LogP contribution in [0.1, 0.15) is 11.6 Å². The summed E-state index contributed by atoms with van der Waals surface area (Å²) in [6.07, 6.45) is -1.36. The molecule has 0 spiro atoms. The lowest BCUT2D eigenvalue weighted by molar-refractivity contribution is -0.0541. The van der Waals surface area contributed by atoms with Gasteiger partial charge in [-0.2, -0.15) is 0 Å². The first-order valence-electron chi connectivity index (χ1n) is 5.80. The van der Waals surface area contributed by atoms with E-state index in [0.29, 0.717) is 0 Å². The van der Waals surface area contributed by atoms with Crippen molar-refractivity contribution in [1.29, 1.82) is 0 Å². The van der Waals surface area contributed by atoms with Crippen LogP contribution in [0.15, 0.2) is 12.1 Å². The molecule has 0 radical (unpaired) electrons. The largest absolute Gasteiger partial charge is 0.465 e. The van der Waals surface area contributed by atoms with Crippen LogP contribution < -0.4 is 0 Å². The number of hydrogen-bond donors (Lipinski definition) is 2. The van der Waals surface area contributed by atoms with E-state index >= 15 is 0 Å². The van der Waals surface area contributed by atoms with Gasteiger partial charge in [-0.15, -0.1) is 0 Å². The first kappa shape index (κ1) is 14.6. The highest BCUT2D eigenvalue weighted by Crippen LogP contribution is 2.29. The molecule has 2 rings (SSSR count). The number of ether oxygens (including phenoxy) is 1. The number of nitrogens with zero attached hydrogens (tertiary/aromatic N) is 1. The summed E-state index contributed by atoms with van der Waals surface area (Å²) in [5, 5.41) is 18.3. The van der Waals surface area contributed by atoms with E-state index in [0.717, 1.165) is 17.0 Å². The van der Waals surface area contributed by atoms with Crippen molar-refractivity contribution in [1.82, 2.24) is 4.90 Å². The first-order valence-corrected chi connectivity index (χ1v) is 5.80. The smallest absolute Gasteiger partial charge is 0.408 e. The number of rotatable bonds is 2. The molecule has 0 unspecified atom stereocenters. The average Bonchev–Trinajstić information content (AvgIpc) is 2.43. The van der Waals surface area contributed by atoms with Crippen LogP contribution in [0.2, 0.25) is 0 Å². The van der Waals surface area contributed by atoms with Crippen LogP contribution in [-0.2, 0) is 4.74 Å². The van der Waals surface area contributed by atoms with Gasteiger partial charge in [-0.1, -0.05) is 0 Å². The van der Waals surface area contributed by atoms with Crippen LogP contribution in [0.4, 0.5) is 18.0 Å². The summed E-state index contributed by atoms with van der Waals surface area (Å²) in [6, 6.07) is -0.407. The zero-order chi connectivity index (χ0) is 14.9. The highest BCUT2D eigenvalue weighted by atomic mass is 19.2. The number of benzene rings is 1. The van der Waals surface area contributed by atoms with Gasteiger partial charge in [0.25, 0.3) is 0 Å². The summed E-state index contributed by atoms with van der Waals surface area (Å²) in [6.45, 7) is -0.645. The molecule has 2 atom stereocenters. The number of amides is 1. The lowest BCUT2D eigenvalue weighted by atomic mass is 10.0. The molecule has 20 heavy (non-hydrogen) atoms. The van der Waals surface area contributed by atoms with Crippen LogP contribution in [0.3, 0.4) is 0 Å². The highest BCUT2D eigenvalue weighted by Gasteiger charge is 2.36. The number of aliphatic hydroxyl groups is 1. The molecule has 8 heteroatoms. The third kappa shape index (κ3) is 2.56. The summed E-state index contributed by atoms with van der Waals surface area (Å²) >= 11 is 0. The second-order valence-corrected chi connectivity index (χ2v) is 4.38. The SMILES string of the molecule is O=C(O)N1[C@@H](CO)COC[C@H]1c1cc(F)c(F)c(F)c1. The van der Waals surface area contributed by atoms with Gasteiger partial charge in [0, 0.05) is 0 Å². The van der Waals surface area contributed by atoms with Crippen molar-refractivity contribution in [3.05, 3.63) is 35.1 Å². The molecule has 1 aliphatic heterocycles. The van der Waals surface area contributed by atoms with Gasteiger partial charge in [-0.05, 0) is 17.7 Å². The second-order valence-electron chi connectivity index (χ2n) is 4.38. The van der Waals surface area contributed by atoms with Crippen molar-refractivity contribution < 1.29 is 32.9 Å². The van der Waals surface area contributed by atoms with Gasteiger partial charge in [0.1, 0.15) is 0 Å². The summed E-state index contributed by atoms with van der Waals surface area (Å²) < 4.78 is 44.5. The fraction of sp³-hybridized carbons (Fsp3) is 0.417. The fourth-order valence-electron chi connectivity index (χ4n) is 2.19. The molecule has 1 aromatic carbocycles. The number of morpholine rings is 1. The predicted molar refractivity (Wildman–Crippen MR) is 60.6 cm³/mol. The molecule has 1 amide bonds. The Bertz CT molecular complexity index is 502. The second kappa shape index (κ2) is 5.68. The van der Waals surface area contributed by atoms with Crippen molar-refractivity contribution in [2.75, 3.05) is 19.8 Å². The van der Waals surface area contributed by atoms with E-state index in [1.54, 1.807) is 0 Å². The standard InChI is InChI=1S/C12H12F3NO4/c13-8-1-6(2-9(14)11(8)15)10-5-20-4-7(3-17)16(10)12(18)19/h1-2,7,10,17H,3-5H2,(H,18,19)/t7-,10-/m0/s1. The van der Waals surface area contributed by atoms with Crippen LogP contribution in [0.25, 0.3) is 0 Å². The zero-order valence-electron chi connectivity index (χ0n) is 10.2. The quantitative estimate of drug-likeness (QED) is 0.810. The van der Waals surface area contributed by atoms with Gasteiger partial charge >= 0.3 is 6.09 Å². The Hall–Kier alpha value is -1.80. The fourth-order valence-corrected chi connectivity index (χ4v) is 2.19. The molecule has 110 valence electrons. The average molecular weight is 291 g/mol. The highest BCUT2D eigenvalue weighted by molar-refractivity contribution is 5.66. The Labute approximate surface area is 112 Å². The van der Waals surface area contributed by atoms with Crippen molar-refractivity contribution >= 4 is 6.09 Å². The van der Waals surface area contributed by atoms with Gasteiger partial charge < -0.3 is 14.9 Å². The van der Waals surface area contributed by atoms with Crippen molar-refractivity contribution in [2.45, 2.75) is 12.1 Å². The van der Waals surface area contributed by atoms with E-state index in [4.69, 9.17) is 14.9 Å². The Kier molecular flexibility index (Phi) is 4.15. The number of halogens is 3. The molecule has 0 aromatic heterocycles.